The minimum absolute atomic E-state index is 0.0111. The van der Waals surface area contributed by atoms with Crippen molar-refractivity contribution in [2.24, 2.45) is 0 Å². The molecule has 0 saturated carbocycles. The molecule has 0 spiro atoms. The van der Waals surface area contributed by atoms with E-state index >= 15 is 0 Å². The zero-order chi connectivity index (χ0) is 13.8. The van der Waals surface area contributed by atoms with E-state index < -0.39 is 5.60 Å². The highest BCUT2D eigenvalue weighted by molar-refractivity contribution is 5.89. The van der Waals surface area contributed by atoms with Gasteiger partial charge in [-0.05, 0) is 52.5 Å². The summed E-state index contributed by atoms with van der Waals surface area (Å²) in [6, 6.07) is 0. The van der Waals surface area contributed by atoms with Crippen LogP contribution in [0, 0.1) is 0 Å². The van der Waals surface area contributed by atoms with Gasteiger partial charge in [-0.1, -0.05) is 24.6 Å². The van der Waals surface area contributed by atoms with Gasteiger partial charge >= 0.3 is 0 Å². The Hall–Kier alpha value is -0.890. The van der Waals surface area contributed by atoms with Crippen LogP contribution in [0.5, 0.6) is 0 Å². The average Bonchev–Trinajstić information content (AvgIpc) is 2.54. The second-order valence-electron chi connectivity index (χ2n) is 5.69. The van der Waals surface area contributed by atoms with Crippen molar-refractivity contribution < 1.29 is 9.53 Å². The average molecular weight is 250 g/mol. The first kappa shape index (κ1) is 15.2. The Morgan fingerprint density at radius 1 is 1.39 bits per heavy atom. The summed E-state index contributed by atoms with van der Waals surface area (Å²) in [6.07, 6.45) is 8.22. The summed E-state index contributed by atoms with van der Waals surface area (Å²) < 4.78 is 5.80. The Balaban J connectivity index is 2.48. The first-order valence-electron chi connectivity index (χ1n) is 6.90. The molecule has 1 aliphatic heterocycles. The highest BCUT2D eigenvalue weighted by Gasteiger charge is 2.40. The van der Waals surface area contributed by atoms with E-state index in [-0.39, 0.29) is 11.9 Å². The lowest BCUT2D eigenvalue weighted by molar-refractivity contribution is -0.129. The van der Waals surface area contributed by atoms with Gasteiger partial charge in [-0.15, -0.1) is 0 Å². The fourth-order valence-electron chi connectivity index (χ4n) is 2.24. The Morgan fingerprint density at radius 3 is 2.56 bits per heavy atom. The second-order valence-corrected chi connectivity index (χ2v) is 5.69. The number of allylic oxidation sites excluding steroid dienone is 3. The zero-order valence-corrected chi connectivity index (χ0v) is 12.4. The third-order valence-electron chi connectivity index (χ3n) is 3.54. The van der Waals surface area contributed by atoms with Crippen LogP contribution in [0.25, 0.3) is 0 Å². The number of rotatable bonds is 5. The predicted octanol–water partition coefficient (Wildman–Crippen LogP) is 4.21. The molecule has 0 N–H and O–H groups in total. The number of ketones is 1. The summed E-state index contributed by atoms with van der Waals surface area (Å²) in [7, 11) is 0. The van der Waals surface area contributed by atoms with Gasteiger partial charge in [-0.3, -0.25) is 4.79 Å². The molecule has 0 aromatic heterocycles. The third-order valence-corrected chi connectivity index (χ3v) is 3.54. The second kappa shape index (κ2) is 6.33. The zero-order valence-electron chi connectivity index (χ0n) is 12.4. The molecule has 2 heteroatoms. The lowest BCUT2D eigenvalue weighted by Gasteiger charge is -2.18. The van der Waals surface area contributed by atoms with Crippen molar-refractivity contribution in [2.75, 3.05) is 0 Å². The fraction of sp³-hybridized carbons (Fsp3) is 0.688. The topological polar surface area (TPSA) is 26.3 Å². The lowest BCUT2D eigenvalue weighted by Crippen LogP contribution is -2.27. The minimum Gasteiger partial charge on any atom is -0.360 e. The molecular formula is C16H26O2. The van der Waals surface area contributed by atoms with Crippen LogP contribution >= 0.6 is 0 Å². The van der Waals surface area contributed by atoms with Gasteiger partial charge in [0, 0.05) is 6.42 Å². The molecule has 0 aliphatic carbocycles. The van der Waals surface area contributed by atoms with Gasteiger partial charge < -0.3 is 4.74 Å². The van der Waals surface area contributed by atoms with Gasteiger partial charge in [0.1, 0.15) is 5.60 Å². The molecule has 0 aromatic carbocycles. The highest BCUT2D eigenvalue weighted by atomic mass is 16.5. The van der Waals surface area contributed by atoms with Crippen molar-refractivity contribution in [2.45, 2.75) is 72.0 Å². The molecule has 1 saturated heterocycles. The summed E-state index contributed by atoms with van der Waals surface area (Å²) in [4.78, 5) is 11.7. The van der Waals surface area contributed by atoms with Crippen molar-refractivity contribution in [1.29, 1.82) is 0 Å². The van der Waals surface area contributed by atoms with Crippen molar-refractivity contribution in [3.63, 3.8) is 0 Å². The molecule has 1 unspecified atom stereocenters. The van der Waals surface area contributed by atoms with E-state index in [4.69, 9.17) is 4.74 Å². The smallest absolute Gasteiger partial charge is 0.167 e. The van der Waals surface area contributed by atoms with Crippen LogP contribution in [0.1, 0.15) is 60.3 Å². The Kier molecular flexibility index (Phi) is 5.33. The van der Waals surface area contributed by atoms with Crippen molar-refractivity contribution >= 4 is 5.78 Å². The summed E-state index contributed by atoms with van der Waals surface area (Å²) in [5.41, 5.74) is 2.03. The Bertz CT molecular complexity index is 361. The minimum atomic E-state index is -0.599. The van der Waals surface area contributed by atoms with Crippen molar-refractivity contribution in [1.82, 2.24) is 0 Å². The maximum Gasteiger partial charge on any atom is 0.167 e. The molecular weight excluding hydrogens is 224 g/mol. The molecule has 1 aliphatic rings. The van der Waals surface area contributed by atoms with Crippen LogP contribution in [0.15, 0.2) is 23.3 Å². The van der Waals surface area contributed by atoms with Gasteiger partial charge in [-0.2, -0.15) is 0 Å². The predicted molar refractivity (Wildman–Crippen MR) is 75.6 cm³/mol. The quantitative estimate of drug-likeness (QED) is 0.683. The van der Waals surface area contributed by atoms with Gasteiger partial charge in [0.2, 0.25) is 0 Å². The van der Waals surface area contributed by atoms with Gasteiger partial charge in [0.25, 0.3) is 0 Å². The summed E-state index contributed by atoms with van der Waals surface area (Å²) in [6.45, 7) is 10.1. The molecule has 1 heterocycles. The summed E-state index contributed by atoms with van der Waals surface area (Å²) in [5, 5.41) is 0. The number of hydrogen-bond acceptors (Lipinski definition) is 2. The number of carbonyl (C=O) groups is 1. The maximum atomic E-state index is 11.7. The lowest BCUT2D eigenvalue weighted by atomic mass is 10.0. The molecule has 0 radical (unpaired) electrons. The molecule has 2 nitrogen and oxygen atoms in total. The number of hydrogen-bond donors (Lipinski definition) is 0. The first-order valence-corrected chi connectivity index (χ1v) is 6.90. The molecule has 1 atom stereocenters. The summed E-state index contributed by atoms with van der Waals surface area (Å²) in [5.74, 6) is 0.210. The van der Waals surface area contributed by atoms with E-state index in [0.717, 1.165) is 19.3 Å². The number of Topliss-reactive ketones (excluding diaryl/α,β-unsaturated/α-hetero) is 1. The maximum absolute atomic E-state index is 11.7. The first-order chi connectivity index (χ1) is 8.36. The fourth-order valence-corrected chi connectivity index (χ4v) is 2.24. The number of carbonyl (C=O) groups excluding carboxylic acids is 1. The number of ether oxygens (including phenoxy) is 1. The standard InChI is InChI=1S/C16H26O2/c1-6-8-12(2)9-7-10-13(3)14-11-15(17)16(4,5)18-14/h8,10,14H,6-7,9,11H2,1-5H3/b12-8+,13-10+. The van der Waals surface area contributed by atoms with Crippen LogP contribution in [0.3, 0.4) is 0 Å². The van der Waals surface area contributed by atoms with Crippen LogP contribution in [-0.4, -0.2) is 17.5 Å². The SMILES string of the molecule is CC/C=C(\C)CC/C=C(\C)C1CC(=O)C(C)(C)O1. The van der Waals surface area contributed by atoms with Crippen molar-refractivity contribution in [3.8, 4) is 0 Å². The molecule has 1 fully saturated rings. The van der Waals surface area contributed by atoms with Crippen LogP contribution in [-0.2, 0) is 9.53 Å². The molecule has 1 rings (SSSR count). The highest BCUT2D eigenvalue weighted by Crippen LogP contribution is 2.30. The molecule has 18 heavy (non-hydrogen) atoms. The van der Waals surface area contributed by atoms with E-state index in [1.807, 2.05) is 13.8 Å². The van der Waals surface area contributed by atoms with Crippen LogP contribution in [0.4, 0.5) is 0 Å². The van der Waals surface area contributed by atoms with E-state index in [1.165, 1.54) is 11.1 Å². The monoisotopic (exact) mass is 250 g/mol. The largest absolute Gasteiger partial charge is 0.360 e. The Labute approximate surface area is 111 Å². The van der Waals surface area contributed by atoms with Gasteiger partial charge in [-0.25, -0.2) is 0 Å². The molecule has 0 aromatic rings. The molecule has 0 bridgehead atoms. The molecule has 0 amide bonds. The van der Waals surface area contributed by atoms with Crippen molar-refractivity contribution in [3.05, 3.63) is 23.3 Å². The third kappa shape index (κ3) is 4.09. The Morgan fingerprint density at radius 2 is 2.06 bits per heavy atom. The van der Waals surface area contributed by atoms with E-state index in [2.05, 4.69) is 32.9 Å². The van der Waals surface area contributed by atoms with Gasteiger partial charge in [0.05, 0.1) is 6.10 Å². The van der Waals surface area contributed by atoms with Crippen LogP contribution < -0.4 is 0 Å². The normalized spacial score (nSPS) is 24.7. The van der Waals surface area contributed by atoms with Gasteiger partial charge in [0.15, 0.2) is 5.78 Å². The van der Waals surface area contributed by atoms with E-state index in [9.17, 15) is 4.79 Å². The van der Waals surface area contributed by atoms with Crippen LogP contribution in [0.2, 0.25) is 0 Å². The molecule has 102 valence electrons. The van der Waals surface area contributed by atoms with E-state index in [1.54, 1.807) is 0 Å². The van der Waals surface area contributed by atoms with E-state index in [0.29, 0.717) is 6.42 Å². The summed E-state index contributed by atoms with van der Waals surface area (Å²) >= 11 is 0.